The summed E-state index contributed by atoms with van der Waals surface area (Å²) >= 11 is 1.48. The number of phenolic OH excluding ortho intramolecular Hbond substituents is 2. The monoisotopic (exact) mass is 428 g/mol. The number of carbonyl (C=O) groups excluding carboxylic acids is 1. The highest BCUT2D eigenvalue weighted by Crippen LogP contribution is 2.29. The first-order valence-electron chi connectivity index (χ1n) is 9.48. The van der Waals surface area contributed by atoms with Crippen LogP contribution in [-0.2, 0) is 4.74 Å². The third kappa shape index (κ3) is 5.85. The van der Waals surface area contributed by atoms with Gasteiger partial charge in [-0.2, -0.15) is 0 Å². The molecule has 0 radical (unpaired) electrons. The number of phenols is 2. The van der Waals surface area contributed by atoms with Crippen LogP contribution in [0.3, 0.4) is 0 Å². The normalized spacial score (nSPS) is 12.0. The van der Waals surface area contributed by atoms with Gasteiger partial charge in [-0.1, -0.05) is 36.1 Å². The molecular weight excluding hydrogens is 408 g/mol. The predicted octanol–water partition coefficient (Wildman–Crippen LogP) is 5.15. The van der Waals surface area contributed by atoms with E-state index in [-0.39, 0.29) is 28.9 Å². The number of hydrogen-bond donors (Lipinski definition) is 2. The Bertz CT molecular complexity index is 1210. The lowest BCUT2D eigenvalue weighted by atomic mass is 10.1. The van der Waals surface area contributed by atoms with Crippen molar-refractivity contribution in [2.75, 3.05) is 6.61 Å². The number of hydrogen-bond acceptors (Lipinski definition) is 5. The zero-order valence-corrected chi connectivity index (χ0v) is 17.4. The highest BCUT2D eigenvalue weighted by atomic mass is 32.2. The van der Waals surface area contributed by atoms with Gasteiger partial charge in [0.2, 0.25) is 0 Å². The molecule has 0 bridgehead atoms. The highest BCUT2D eigenvalue weighted by molar-refractivity contribution is 8.00. The maximum Gasteiger partial charge on any atom is 0.341 e. The Morgan fingerprint density at radius 3 is 2.55 bits per heavy atom. The van der Waals surface area contributed by atoms with E-state index in [0.717, 1.165) is 15.7 Å². The molecule has 1 atom stereocenters. The summed E-state index contributed by atoms with van der Waals surface area (Å²) in [6, 6.07) is 17.2. The van der Waals surface area contributed by atoms with Crippen molar-refractivity contribution in [1.29, 1.82) is 0 Å². The number of terminal acetylenes is 2. The third-order valence-corrected chi connectivity index (χ3v) is 5.54. The second kappa shape index (κ2) is 10.3. The van der Waals surface area contributed by atoms with Crippen molar-refractivity contribution in [3.63, 3.8) is 0 Å². The number of benzene rings is 3. The molecule has 5 heteroatoms. The summed E-state index contributed by atoms with van der Waals surface area (Å²) in [5.41, 5.74) is 0.738. The van der Waals surface area contributed by atoms with Crippen molar-refractivity contribution in [2.24, 2.45) is 0 Å². The molecule has 1 unspecified atom stereocenters. The molecule has 31 heavy (non-hydrogen) atoms. The lowest BCUT2D eigenvalue weighted by Crippen LogP contribution is -2.07. The number of thioether (sulfide) groups is 1. The van der Waals surface area contributed by atoms with Gasteiger partial charge in [-0.15, -0.1) is 24.6 Å². The first kappa shape index (κ1) is 21.9. The van der Waals surface area contributed by atoms with Crippen LogP contribution in [-0.4, -0.2) is 28.0 Å². The van der Waals surface area contributed by atoms with Crippen molar-refractivity contribution in [1.82, 2.24) is 0 Å². The van der Waals surface area contributed by atoms with Gasteiger partial charge < -0.3 is 14.9 Å². The fourth-order valence-electron chi connectivity index (χ4n) is 2.91. The average Bonchev–Trinajstić information content (AvgIpc) is 2.77. The zero-order valence-electron chi connectivity index (χ0n) is 16.6. The third-order valence-electron chi connectivity index (χ3n) is 4.49. The van der Waals surface area contributed by atoms with Gasteiger partial charge in [0.25, 0.3) is 0 Å². The van der Waals surface area contributed by atoms with E-state index < -0.39 is 5.97 Å². The second-order valence-electron chi connectivity index (χ2n) is 6.64. The van der Waals surface area contributed by atoms with E-state index in [1.54, 1.807) is 30.3 Å². The number of rotatable bonds is 7. The lowest BCUT2D eigenvalue weighted by molar-refractivity contribution is 0.0507. The van der Waals surface area contributed by atoms with Crippen molar-refractivity contribution < 1.29 is 19.7 Å². The largest absolute Gasteiger partial charge is 0.508 e. The molecule has 0 aliphatic rings. The Balaban J connectivity index is 1.63. The molecule has 3 rings (SSSR count). The molecular formula is C26H20O4S. The summed E-state index contributed by atoms with van der Waals surface area (Å²) in [7, 11) is 0. The highest BCUT2D eigenvalue weighted by Gasteiger charge is 2.12. The minimum Gasteiger partial charge on any atom is -0.508 e. The van der Waals surface area contributed by atoms with Gasteiger partial charge in [0.15, 0.2) is 0 Å². The molecule has 0 aliphatic carbocycles. The van der Waals surface area contributed by atoms with Crippen LogP contribution in [0.5, 0.6) is 11.5 Å². The van der Waals surface area contributed by atoms with Crippen LogP contribution in [0, 0.1) is 24.7 Å². The summed E-state index contributed by atoms with van der Waals surface area (Å²) in [4.78, 5) is 13.0. The second-order valence-corrected chi connectivity index (χ2v) is 7.85. The van der Waals surface area contributed by atoms with Crippen molar-refractivity contribution in [2.45, 2.75) is 16.6 Å². The van der Waals surface area contributed by atoms with Crippen LogP contribution in [0.15, 0.2) is 77.2 Å². The Morgan fingerprint density at radius 1 is 1.06 bits per heavy atom. The van der Waals surface area contributed by atoms with Crippen LogP contribution < -0.4 is 0 Å². The van der Waals surface area contributed by atoms with Crippen LogP contribution in [0.2, 0.25) is 0 Å². The van der Waals surface area contributed by atoms with Gasteiger partial charge in [-0.3, -0.25) is 0 Å². The molecule has 154 valence electrons. The number of esters is 1. The van der Waals surface area contributed by atoms with Crippen LogP contribution >= 0.6 is 11.8 Å². The van der Waals surface area contributed by atoms with Gasteiger partial charge in [0.05, 0.1) is 11.9 Å². The number of fused-ring (bicyclic) bond motifs is 1. The van der Waals surface area contributed by atoms with E-state index in [1.807, 2.05) is 24.3 Å². The lowest BCUT2D eigenvalue weighted by Gasteiger charge is -2.10. The Labute approximate surface area is 185 Å². The smallest absolute Gasteiger partial charge is 0.341 e. The number of ether oxygens (including phenoxy) is 1. The molecule has 0 amide bonds. The van der Waals surface area contributed by atoms with Gasteiger partial charge >= 0.3 is 5.97 Å². The average molecular weight is 429 g/mol. The fraction of sp³-hybridized carbons (Fsp3) is 0.115. The molecule has 0 saturated heterocycles. The Morgan fingerprint density at radius 2 is 1.81 bits per heavy atom. The van der Waals surface area contributed by atoms with Crippen LogP contribution in [0.25, 0.3) is 10.8 Å². The summed E-state index contributed by atoms with van der Waals surface area (Å²) in [6.45, 7) is 0.0740. The Hall–Kier alpha value is -3.80. The molecule has 3 aromatic carbocycles. The quantitative estimate of drug-likeness (QED) is 0.309. The fourth-order valence-corrected chi connectivity index (χ4v) is 3.85. The van der Waals surface area contributed by atoms with E-state index in [9.17, 15) is 15.0 Å². The summed E-state index contributed by atoms with van der Waals surface area (Å²) in [5, 5.41) is 21.0. The van der Waals surface area contributed by atoms with Crippen LogP contribution in [0.1, 0.15) is 16.8 Å². The summed E-state index contributed by atoms with van der Waals surface area (Å²) in [6.07, 6.45) is 13.4. The molecule has 0 heterocycles. The van der Waals surface area contributed by atoms with E-state index in [0.29, 0.717) is 12.0 Å². The molecule has 0 aliphatic heterocycles. The number of carbonyl (C=O) groups is 1. The molecule has 0 aromatic heterocycles. The van der Waals surface area contributed by atoms with Gasteiger partial charge in [-0.25, -0.2) is 4.79 Å². The van der Waals surface area contributed by atoms with Crippen molar-refractivity contribution >= 4 is 28.5 Å². The predicted molar refractivity (Wildman–Crippen MR) is 124 cm³/mol. The van der Waals surface area contributed by atoms with Crippen molar-refractivity contribution in [3.8, 4) is 36.2 Å². The topological polar surface area (TPSA) is 66.8 Å². The maximum atomic E-state index is 12.1. The van der Waals surface area contributed by atoms with Gasteiger partial charge in [0, 0.05) is 16.9 Å². The molecule has 4 nitrogen and oxygen atoms in total. The minimum absolute atomic E-state index is 0.0740. The minimum atomic E-state index is -0.612. The number of aromatic hydroxyl groups is 2. The molecule has 0 spiro atoms. The van der Waals surface area contributed by atoms with E-state index in [1.165, 1.54) is 23.9 Å². The zero-order chi connectivity index (χ0) is 22.2. The first-order chi connectivity index (χ1) is 15.0. The summed E-state index contributed by atoms with van der Waals surface area (Å²) in [5.74, 6) is 4.79. The SMILES string of the molecule is C#C/C(=C\C(C#C)Sc1ccc2cc(O)ccc2c1)CCOC(=O)c1ccccc1O. The molecule has 2 N–H and O–H groups in total. The first-order valence-corrected chi connectivity index (χ1v) is 10.4. The van der Waals surface area contributed by atoms with E-state index >= 15 is 0 Å². The molecule has 0 saturated carbocycles. The summed E-state index contributed by atoms with van der Waals surface area (Å²) < 4.78 is 5.22. The van der Waals surface area contributed by atoms with Gasteiger partial charge in [-0.05, 0) is 53.2 Å². The van der Waals surface area contributed by atoms with E-state index in [2.05, 4.69) is 11.8 Å². The standard InChI is InChI=1S/C26H20O4S/c1-3-18(13-14-30-26(29)24-7-5-6-8-25(24)28)15-22(4-2)31-23-12-10-19-16-21(27)11-9-20(19)17-23/h1-2,5-12,15-17,22,27-28H,13-14H2/b18-15+. The number of para-hydroxylation sites is 1. The van der Waals surface area contributed by atoms with Gasteiger partial charge in [0.1, 0.15) is 17.1 Å². The van der Waals surface area contributed by atoms with E-state index in [4.69, 9.17) is 17.6 Å². The molecule has 3 aromatic rings. The molecule has 0 fully saturated rings. The van der Waals surface area contributed by atoms with Crippen LogP contribution in [0.4, 0.5) is 0 Å². The maximum absolute atomic E-state index is 12.1. The Kier molecular flexibility index (Phi) is 7.27. The van der Waals surface area contributed by atoms with Crippen molar-refractivity contribution in [3.05, 3.63) is 77.9 Å².